The average molecular weight is 275 g/mol. The number of nitrogens with zero attached hydrogens (tertiary/aromatic N) is 2. The van der Waals surface area contributed by atoms with Crippen LogP contribution in [0.1, 0.15) is 25.5 Å². The third kappa shape index (κ3) is 2.55. The summed E-state index contributed by atoms with van der Waals surface area (Å²) in [7, 11) is 0. The summed E-state index contributed by atoms with van der Waals surface area (Å²) in [6.45, 7) is 4.60. The number of benzene rings is 1. The molecule has 0 amide bonds. The topological polar surface area (TPSA) is 16.1 Å². The second kappa shape index (κ2) is 5.38. The predicted molar refractivity (Wildman–Crippen MR) is 81.9 cm³/mol. The highest BCUT2D eigenvalue weighted by Gasteiger charge is 2.19. The molecule has 1 atom stereocenters. The zero-order valence-corrected chi connectivity index (χ0v) is 12.0. The number of rotatable bonds is 2. The first-order chi connectivity index (χ1) is 9.28. The van der Waals surface area contributed by atoms with Crippen LogP contribution in [0.25, 0.3) is 10.9 Å². The van der Waals surface area contributed by atoms with Crippen molar-refractivity contribution in [2.75, 3.05) is 18.0 Å². The Kier molecular flexibility index (Phi) is 3.61. The maximum Gasteiger partial charge on any atom is 0.0726 e. The van der Waals surface area contributed by atoms with Crippen LogP contribution >= 0.6 is 11.6 Å². The van der Waals surface area contributed by atoms with Gasteiger partial charge >= 0.3 is 0 Å². The summed E-state index contributed by atoms with van der Waals surface area (Å²) in [6, 6.07) is 10.5. The van der Waals surface area contributed by atoms with Crippen LogP contribution in [-0.4, -0.2) is 18.1 Å². The normalized spacial score (nSPS) is 19.9. The molecule has 0 radical (unpaired) electrons. The van der Waals surface area contributed by atoms with Crippen LogP contribution in [0.3, 0.4) is 0 Å². The molecule has 1 aromatic heterocycles. The van der Waals surface area contributed by atoms with E-state index in [2.05, 4.69) is 41.1 Å². The monoisotopic (exact) mass is 274 g/mol. The van der Waals surface area contributed by atoms with E-state index in [1.54, 1.807) is 0 Å². The molecule has 0 aliphatic carbocycles. The lowest BCUT2D eigenvalue weighted by Gasteiger charge is -2.33. The smallest absolute Gasteiger partial charge is 0.0726 e. The molecule has 0 N–H and O–H groups in total. The number of anilines is 1. The summed E-state index contributed by atoms with van der Waals surface area (Å²) in [4.78, 5) is 7.10. The molecule has 0 spiro atoms. The lowest BCUT2D eigenvalue weighted by atomic mass is 9.99. The van der Waals surface area contributed by atoms with Gasteiger partial charge in [-0.2, -0.15) is 0 Å². The number of fused-ring (bicyclic) bond motifs is 1. The highest BCUT2D eigenvalue weighted by Crippen LogP contribution is 2.30. The van der Waals surface area contributed by atoms with E-state index in [-0.39, 0.29) is 0 Å². The van der Waals surface area contributed by atoms with Crippen molar-refractivity contribution >= 4 is 28.2 Å². The zero-order chi connectivity index (χ0) is 13.2. The van der Waals surface area contributed by atoms with Gasteiger partial charge < -0.3 is 4.90 Å². The van der Waals surface area contributed by atoms with Crippen LogP contribution in [0, 0.1) is 5.92 Å². The van der Waals surface area contributed by atoms with Gasteiger partial charge in [-0.3, -0.25) is 4.98 Å². The molecular formula is C16H19ClN2. The largest absolute Gasteiger partial charge is 0.371 e. The van der Waals surface area contributed by atoms with Gasteiger partial charge in [0, 0.05) is 24.2 Å². The Bertz CT molecular complexity index is 582. The number of para-hydroxylation sites is 1. The summed E-state index contributed by atoms with van der Waals surface area (Å²) in [5.41, 5.74) is 3.32. The van der Waals surface area contributed by atoms with Crippen molar-refractivity contribution in [3.05, 3.63) is 36.0 Å². The van der Waals surface area contributed by atoms with E-state index in [9.17, 15) is 0 Å². The first-order valence-electron chi connectivity index (χ1n) is 6.97. The molecule has 1 fully saturated rings. The van der Waals surface area contributed by atoms with Crippen LogP contribution in [0.5, 0.6) is 0 Å². The molecule has 2 aromatic rings. The van der Waals surface area contributed by atoms with Crippen molar-refractivity contribution in [3.63, 3.8) is 0 Å². The Morgan fingerprint density at radius 3 is 3.00 bits per heavy atom. The Hall–Kier alpha value is -1.28. The molecule has 3 heteroatoms. The first kappa shape index (κ1) is 12.7. The van der Waals surface area contributed by atoms with Gasteiger partial charge in [-0.05, 0) is 30.9 Å². The zero-order valence-electron chi connectivity index (χ0n) is 11.3. The molecule has 19 heavy (non-hydrogen) atoms. The number of piperidine rings is 1. The van der Waals surface area contributed by atoms with E-state index in [0.717, 1.165) is 30.2 Å². The van der Waals surface area contributed by atoms with Gasteiger partial charge in [0.05, 0.1) is 17.1 Å². The van der Waals surface area contributed by atoms with E-state index >= 15 is 0 Å². The highest BCUT2D eigenvalue weighted by molar-refractivity contribution is 6.17. The van der Waals surface area contributed by atoms with E-state index in [4.69, 9.17) is 11.6 Å². The Balaban J connectivity index is 2.10. The predicted octanol–water partition coefficient (Wildman–Crippen LogP) is 4.21. The second-order valence-corrected chi connectivity index (χ2v) is 5.74. The van der Waals surface area contributed by atoms with E-state index < -0.39 is 0 Å². The molecule has 0 bridgehead atoms. The molecule has 0 saturated carbocycles. The Morgan fingerprint density at radius 1 is 1.37 bits per heavy atom. The van der Waals surface area contributed by atoms with Crippen molar-refractivity contribution in [3.8, 4) is 0 Å². The Morgan fingerprint density at radius 2 is 2.21 bits per heavy atom. The summed E-state index contributed by atoms with van der Waals surface area (Å²) < 4.78 is 0. The van der Waals surface area contributed by atoms with Crippen molar-refractivity contribution in [2.24, 2.45) is 5.92 Å². The molecule has 2 nitrogen and oxygen atoms in total. The van der Waals surface area contributed by atoms with E-state index in [1.165, 1.54) is 23.9 Å². The van der Waals surface area contributed by atoms with Crippen LogP contribution in [0.2, 0.25) is 0 Å². The fourth-order valence-electron chi connectivity index (χ4n) is 2.95. The fourth-order valence-corrected chi connectivity index (χ4v) is 3.09. The maximum atomic E-state index is 5.99. The van der Waals surface area contributed by atoms with Gasteiger partial charge in [0.15, 0.2) is 0 Å². The van der Waals surface area contributed by atoms with Crippen LogP contribution in [0.4, 0.5) is 5.69 Å². The van der Waals surface area contributed by atoms with Crippen molar-refractivity contribution in [2.45, 2.75) is 25.6 Å². The summed E-state index contributed by atoms with van der Waals surface area (Å²) in [6.07, 6.45) is 2.61. The molecule has 1 saturated heterocycles. The minimum atomic E-state index is 0.473. The molecule has 1 aliphatic heterocycles. The van der Waals surface area contributed by atoms with Crippen molar-refractivity contribution in [1.82, 2.24) is 4.98 Å². The average Bonchev–Trinajstić information content (AvgIpc) is 2.46. The standard InChI is InChI=1S/C16H19ClN2/c1-12-5-4-8-19(11-12)16-9-13(10-17)18-15-7-3-2-6-14(15)16/h2-3,6-7,9,12H,4-5,8,10-11H2,1H3. The molecule has 2 heterocycles. The van der Waals surface area contributed by atoms with Gasteiger partial charge in [-0.15, -0.1) is 11.6 Å². The summed E-state index contributed by atoms with van der Waals surface area (Å²) in [5.74, 6) is 1.24. The van der Waals surface area contributed by atoms with Gasteiger partial charge in [-0.1, -0.05) is 25.1 Å². The molecule has 1 unspecified atom stereocenters. The fraction of sp³-hybridized carbons (Fsp3) is 0.438. The number of hydrogen-bond donors (Lipinski definition) is 0. The van der Waals surface area contributed by atoms with Crippen LogP contribution < -0.4 is 4.90 Å². The van der Waals surface area contributed by atoms with Gasteiger partial charge in [0.1, 0.15) is 0 Å². The van der Waals surface area contributed by atoms with Crippen LogP contribution in [0.15, 0.2) is 30.3 Å². The number of halogens is 1. The summed E-state index contributed by atoms with van der Waals surface area (Å²) in [5, 5.41) is 1.24. The Labute approximate surface area is 119 Å². The second-order valence-electron chi connectivity index (χ2n) is 5.48. The van der Waals surface area contributed by atoms with Crippen molar-refractivity contribution in [1.29, 1.82) is 0 Å². The minimum absolute atomic E-state index is 0.473. The van der Waals surface area contributed by atoms with Gasteiger partial charge in [0.25, 0.3) is 0 Å². The summed E-state index contributed by atoms with van der Waals surface area (Å²) >= 11 is 5.99. The molecule has 100 valence electrons. The number of alkyl halides is 1. The third-order valence-corrected chi connectivity index (χ3v) is 4.16. The third-order valence-electron chi connectivity index (χ3n) is 3.88. The van der Waals surface area contributed by atoms with Gasteiger partial charge in [0.2, 0.25) is 0 Å². The lowest BCUT2D eigenvalue weighted by Crippen LogP contribution is -2.34. The lowest BCUT2D eigenvalue weighted by molar-refractivity contribution is 0.447. The molecule has 1 aromatic carbocycles. The SMILES string of the molecule is CC1CCCN(c2cc(CCl)nc3ccccc23)C1. The number of hydrogen-bond acceptors (Lipinski definition) is 2. The van der Waals surface area contributed by atoms with Crippen molar-refractivity contribution < 1.29 is 0 Å². The number of pyridine rings is 1. The number of aromatic nitrogens is 1. The van der Waals surface area contributed by atoms with E-state index in [1.807, 2.05) is 6.07 Å². The molecule has 3 rings (SSSR count). The van der Waals surface area contributed by atoms with Gasteiger partial charge in [-0.25, -0.2) is 0 Å². The first-order valence-corrected chi connectivity index (χ1v) is 7.51. The van der Waals surface area contributed by atoms with Crippen LogP contribution in [-0.2, 0) is 5.88 Å². The quantitative estimate of drug-likeness (QED) is 0.763. The minimum Gasteiger partial charge on any atom is -0.371 e. The highest BCUT2D eigenvalue weighted by atomic mass is 35.5. The van der Waals surface area contributed by atoms with E-state index in [0.29, 0.717) is 5.88 Å². The molecular weight excluding hydrogens is 256 g/mol. The molecule has 1 aliphatic rings. The maximum absolute atomic E-state index is 5.99.